The van der Waals surface area contributed by atoms with E-state index in [1.54, 1.807) is 12.1 Å². The largest absolute Gasteiger partial charge is 0.369 e. The lowest BCUT2D eigenvalue weighted by atomic mass is 9.75. The standard InChI is InChI=1S/C24H28Cl2FN3O/c1-2-24(21-16-19(27)5-6-22(21)28-23(24)31)7-3-4-8-29-9-11-30(12-10-29)20-14-17(25)13-18(26)15-20/h5-6,13-16H,2-4,7-12H2,1H3,(H,28,31). The van der Waals surface area contributed by atoms with Crippen molar-refractivity contribution in [2.45, 2.75) is 38.0 Å². The van der Waals surface area contributed by atoms with E-state index in [0.29, 0.717) is 16.5 Å². The van der Waals surface area contributed by atoms with Gasteiger partial charge in [0.1, 0.15) is 5.82 Å². The molecule has 0 aromatic heterocycles. The Hall–Kier alpha value is -1.82. The van der Waals surface area contributed by atoms with Crippen LogP contribution in [0.4, 0.5) is 15.8 Å². The number of hydrogen-bond donors (Lipinski definition) is 1. The van der Waals surface area contributed by atoms with Gasteiger partial charge in [0.2, 0.25) is 5.91 Å². The molecule has 2 aliphatic rings. The van der Waals surface area contributed by atoms with E-state index in [1.807, 2.05) is 19.1 Å². The monoisotopic (exact) mass is 463 g/mol. The Kier molecular flexibility index (Phi) is 6.75. The zero-order valence-corrected chi connectivity index (χ0v) is 19.3. The highest BCUT2D eigenvalue weighted by molar-refractivity contribution is 6.35. The highest BCUT2D eigenvalue weighted by Gasteiger charge is 2.44. The quantitative estimate of drug-likeness (QED) is 0.532. The lowest BCUT2D eigenvalue weighted by Crippen LogP contribution is -2.46. The molecule has 166 valence electrons. The van der Waals surface area contributed by atoms with Gasteiger partial charge in [0, 0.05) is 47.6 Å². The molecule has 1 amide bonds. The average Bonchev–Trinajstić information content (AvgIpc) is 3.02. The number of piperazine rings is 1. The molecular formula is C24H28Cl2FN3O. The zero-order valence-electron chi connectivity index (χ0n) is 17.8. The maximum Gasteiger partial charge on any atom is 0.235 e. The van der Waals surface area contributed by atoms with Gasteiger partial charge < -0.3 is 10.2 Å². The minimum Gasteiger partial charge on any atom is -0.369 e. The Balaban J connectivity index is 1.28. The van der Waals surface area contributed by atoms with Gasteiger partial charge in [-0.25, -0.2) is 4.39 Å². The Morgan fingerprint density at radius 1 is 1.03 bits per heavy atom. The third-order valence-electron chi connectivity index (χ3n) is 6.70. The molecule has 0 bridgehead atoms. The van der Waals surface area contributed by atoms with Crippen molar-refractivity contribution < 1.29 is 9.18 Å². The van der Waals surface area contributed by atoms with Crippen LogP contribution in [0.15, 0.2) is 36.4 Å². The fourth-order valence-corrected chi connectivity index (χ4v) is 5.39. The second-order valence-corrected chi connectivity index (χ2v) is 9.37. The molecule has 1 atom stereocenters. The molecule has 0 radical (unpaired) electrons. The molecule has 2 heterocycles. The molecule has 2 aromatic rings. The van der Waals surface area contributed by atoms with E-state index in [1.165, 1.54) is 12.1 Å². The van der Waals surface area contributed by atoms with Crippen LogP contribution in [0.2, 0.25) is 10.0 Å². The van der Waals surface area contributed by atoms with E-state index in [2.05, 4.69) is 15.1 Å². The smallest absolute Gasteiger partial charge is 0.235 e. The number of nitrogens with zero attached hydrogens (tertiary/aromatic N) is 2. The van der Waals surface area contributed by atoms with Crippen molar-refractivity contribution in [2.24, 2.45) is 0 Å². The van der Waals surface area contributed by atoms with Crippen molar-refractivity contribution >= 4 is 40.5 Å². The molecule has 7 heteroatoms. The number of halogens is 3. The van der Waals surface area contributed by atoms with Crippen LogP contribution in [0.5, 0.6) is 0 Å². The summed E-state index contributed by atoms with van der Waals surface area (Å²) in [5.41, 5.74) is 2.03. The van der Waals surface area contributed by atoms with Gasteiger partial charge >= 0.3 is 0 Å². The number of fused-ring (bicyclic) bond motifs is 1. The number of rotatable bonds is 7. The summed E-state index contributed by atoms with van der Waals surface area (Å²) in [7, 11) is 0. The van der Waals surface area contributed by atoms with E-state index < -0.39 is 5.41 Å². The van der Waals surface area contributed by atoms with Gasteiger partial charge in [-0.05, 0) is 67.8 Å². The topological polar surface area (TPSA) is 35.6 Å². The second-order valence-electron chi connectivity index (χ2n) is 8.49. The van der Waals surface area contributed by atoms with Gasteiger partial charge in [0.15, 0.2) is 0 Å². The molecule has 1 N–H and O–H groups in total. The summed E-state index contributed by atoms with van der Waals surface area (Å²) in [6.07, 6.45) is 3.37. The molecule has 0 saturated carbocycles. The minimum absolute atomic E-state index is 0.00407. The average molecular weight is 464 g/mol. The first-order valence-corrected chi connectivity index (χ1v) is 11.7. The zero-order chi connectivity index (χ0) is 22.0. The number of benzene rings is 2. The molecule has 1 fully saturated rings. The van der Waals surface area contributed by atoms with Gasteiger partial charge in [-0.3, -0.25) is 9.69 Å². The van der Waals surface area contributed by atoms with Crippen LogP contribution in [0.3, 0.4) is 0 Å². The minimum atomic E-state index is -0.609. The number of unbranched alkanes of at least 4 members (excludes halogenated alkanes) is 1. The first-order chi connectivity index (χ1) is 14.9. The summed E-state index contributed by atoms with van der Waals surface area (Å²) in [5, 5.41) is 4.26. The normalized spacial score (nSPS) is 21.3. The van der Waals surface area contributed by atoms with Crippen LogP contribution in [0.1, 0.15) is 38.2 Å². The van der Waals surface area contributed by atoms with Crippen LogP contribution in [-0.4, -0.2) is 43.5 Å². The molecule has 2 aliphatic heterocycles. The molecule has 4 rings (SSSR count). The number of anilines is 2. The van der Waals surface area contributed by atoms with Crippen LogP contribution in [-0.2, 0) is 10.2 Å². The number of nitrogens with one attached hydrogen (secondary N) is 1. The van der Waals surface area contributed by atoms with E-state index in [0.717, 1.165) is 68.9 Å². The molecule has 0 aliphatic carbocycles. The second kappa shape index (κ2) is 9.35. The Bertz CT molecular complexity index is 942. The Morgan fingerprint density at radius 3 is 2.42 bits per heavy atom. The highest BCUT2D eigenvalue weighted by Crippen LogP contribution is 2.44. The molecular weight excluding hydrogens is 436 g/mol. The van der Waals surface area contributed by atoms with Crippen LogP contribution < -0.4 is 10.2 Å². The summed E-state index contributed by atoms with van der Waals surface area (Å²) in [4.78, 5) is 17.5. The fourth-order valence-electron chi connectivity index (χ4n) is 4.88. The van der Waals surface area contributed by atoms with Gasteiger partial charge in [-0.15, -0.1) is 0 Å². The number of hydrogen-bond acceptors (Lipinski definition) is 3. The van der Waals surface area contributed by atoms with Crippen molar-refractivity contribution in [2.75, 3.05) is 42.9 Å². The van der Waals surface area contributed by atoms with Crippen molar-refractivity contribution in [1.82, 2.24) is 4.90 Å². The fraction of sp³-hybridized carbons (Fsp3) is 0.458. The van der Waals surface area contributed by atoms with E-state index in [9.17, 15) is 9.18 Å². The number of carbonyl (C=O) groups excluding carboxylic acids is 1. The highest BCUT2D eigenvalue weighted by atomic mass is 35.5. The summed E-state index contributed by atoms with van der Waals surface area (Å²) in [5.74, 6) is -0.281. The summed E-state index contributed by atoms with van der Waals surface area (Å²) in [6.45, 7) is 6.85. The lowest BCUT2D eigenvalue weighted by Gasteiger charge is -2.36. The van der Waals surface area contributed by atoms with Gasteiger partial charge in [-0.2, -0.15) is 0 Å². The van der Waals surface area contributed by atoms with Crippen molar-refractivity contribution in [3.63, 3.8) is 0 Å². The Labute approximate surface area is 193 Å². The first kappa shape index (κ1) is 22.4. The predicted molar refractivity (Wildman–Crippen MR) is 126 cm³/mol. The summed E-state index contributed by atoms with van der Waals surface area (Å²) >= 11 is 12.3. The van der Waals surface area contributed by atoms with Crippen LogP contribution in [0, 0.1) is 5.82 Å². The van der Waals surface area contributed by atoms with Crippen molar-refractivity contribution in [3.8, 4) is 0 Å². The van der Waals surface area contributed by atoms with E-state index in [-0.39, 0.29) is 11.7 Å². The molecule has 2 aromatic carbocycles. The number of amides is 1. The molecule has 1 saturated heterocycles. The van der Waals surface area contributed by atoms with Crippen LogP contribution >= 0.6 is 23.2 Å². The molecule has 0 spiro atoms. The van der Waals surface area contributed by atoms with E-state index in [4.69, 9.17) is 23.2 Å². The number of carbonyl (C=O) groups is 1. The van der Waals surface area contributed by atoms with Crippen molar-refractivity contribution in [3.05, 3.63) is 57.8 Å². The molecule has 31 heavy (non-hydrogen) atoms. The molecule has 4 nitrogen and oxygen atoms in total. The summed E-state index contributed by atoms with van der Waals surface area (Å²) in [6, 6.07) is 10.3. The van der Waals surface area contributed by atoms with Gasteiger partial charge in [-0.1, -0.05) is 36.5 Å². The summed E-state index contributed by atoms with van der Waals surface area (Å²) < 4.78 is 13.8. The van der Waals surface area contributed by atoms with E-state index >= 15 is 0 Å². The Morgan fingerprint density at radius 2 is 1.74 bits per heavy atom. The molecule has 1 unspecified atom stereocenters. The van der Waals surface area contributed by atoms with Gasteiger partial charge in [0.25, 0.3) is 0 Å². The first-order valence-electron chi connectivity index (χ1n) is 11.0. The maximum absolute atomic E-state index is 13.8. The van der Waals surface area contributed by atoms with Crippen molar-refractivity contribution in [1.29, 1.82) is 0 Å². The van der Waals surface area contributed by atoms with Gasteiger partial charge in [0.05, 0.1) is 5.41 Å². The van der Waals surface area contributed by atoms with Crippen LogP contribution in [0.25, 0.3) is 0 Å². The third kappa shape index (κ3) is 4.69. The third-order valence-corrected chi connectivity index (χ3v) is 7.13. The SMILES string of the molecule is CCC1(CCCCN2CCN(c3cc(Cl)cc(Cl)c3)CC2)C(=O)Nc2ccc(F)cc21. The predicted octanol–water partition coefficient (Wildman–Crippen LogP) is 5.72. The maximum atomic E-state index is 13.8. The lowest BCUT2D eigenvalue weighted by molar-refractivity contribution is -0.121.